The number of carbonyl (C=O) groups is 1. The van der Waals surface area contributed by atoms with Crippen LogP contribution in [0, 0.1) is 22.7 Å². The first-order chi connectivity index (χ1) is 12.1. The Morgan fingerprint density at radius 2 is 1.96 bits per heavy atom. The van der Waals surface area contributed by atoms with Crippen molar-refractivity contribution in [2.45, 2.75) is 91.2 Å². The van der Waals surface area contributed by atoms with Crippen molar-refractivity contribution in [2.24, 2.45) is 22.7 Å². The van der Waals surface area contributed by atoms with Crippen molar-refractivity contribution in [1.29, 1.82) is 0 Å². The normalized spacial score (nSPS) is 36.1. The maximum Gasteiger partial charge on any atom is 0.241 e. The van der Waals surface area contributed by atoms with Gasteiger partial charge in [0.1, 0.15) is 0 Å². The fraction of sp³-hybridized carbons (Fsp3) is 0.950. The van der Waals surface area contributed by atoms with Gasteiger partial charge in [-0.3, -0.25) is 4.79 Å². The predicted octanol–water partition coefficient (Wildman–Crippen LogP) is 3.32. The van der Waals surface area contributed by atoms with Crippen molar-refractivity contribution in [1.82, 2.24) is 4.31 Å². The molecule has 1 aliphatic heterocycles. The van der Waals surface area contributed by atoms with Crippen LogP contribution in [0.4, 0.5) is 0 Å². The highest BCUT2D eigenvalue weighted by Crippen LogP contribution is 2.70. The highest BCUT2D eigenvalue weighted by Gasteiger charge is 2.72. The van der Waals surface area contributed by atoms with E-state index in [-0.39, 0.29) is 22.6 Å². The quantitative estimate of drug-likeness (QED) is 0.682. The average Bonchev–Trinajstić information content (AvgIpc) is 3.04. The third kappa shape index (κ3) is 2.83. The molecule has 1 N–H and O–H groups in total. The highest BCUT2D eigenvalue weighted by molar-refractivity contribution is 7.90. The van der Waals surface area contributed by atoms with Crippen molar-refractivity contribution in [3.63, 3.8) is 0 Å². The molecule has 2 saturated carbocycles. The van der Waals surface area contributed by atoms with Crippen LogP contribution in [0.2, 0.25) is 0 Å². The van der Waals surface area contributed by atoms with E-state index in [1.165, 1.54) is 4.31 Å². The Morgan fingerprint density at radius 3 is 2.58 bits per heavy atom. The number of sulfonamides is 1. The van der Waals surface area contributed by atoms with E-state index < -0.39 is 28.0 Å². The first-order valence-corrected chi connectivity index (χ1v) is 11.9. The molecule has 0 aromatic heterocycles. The minimum atomic E-state index is -3.60. The van der Waals surface area contributed by atoms with E-state index in [9.17, 15) is 18.3 Å². The molecule has 0 radical (unpaired) electrons. The summed E-state index contributed by atoms with van der Waals surface area (Å²) in [5.41, 5.74) is -0.334. The molecule has 5 nitrogen and oxygen atoms in total. The standard InChI is InChI=1S/C20H35NO4S/c1-5-6-7-8-9-16(22)14(2)18(23)21-17-12-15-10-11-20(17,19(15,3)4)13-26(21,24)25/h14-17,22H,5-13H2,1-4H3/t14-,15+,16-,17+,20+/m1/s1. The lowest BCUT2D eigenvalue weighted by molar-refractivity contribution is -0.136. The maximum absolute atomic E-state index is 13.1. The van der Waals surface area contributed by atoms with Crippen molar-refractivity contribution < 1.29 is 18.3 Å². The van der Waals surface area contributed by atoms with E-state index in [0.717, 1.165) is 44.9 Å². The van der Waals surface area contributed by atoms with Gasteiger partial charge >= 0.3 is 0 Å². The zero-order valence-electron chi connectivity index (χ0n) is 16.7. The summed E-state index contributed by atoms with van der Waals surface area (Å²) in [5.74, 6) is -0.464. The molecule has 1 amide bonds. The molecule has 26 heavy (non-hydrogen) atoms. The molecule has 3 rings (SSSR count). The number of rotatable bonds is 7. The minimum Gasteiger partial charge on any atom is -0.392 e. The van der Waals surface area contributed by atoms with Crippen LogP contribution < -0.4 is 0 Å². The summed E-state index contributed by atoms with van der Waals surface area (Å²) in [6.07, 6.45) is 6.71. The van der Waals surface area contributed by atoms with Gasteiger partial charge in [-0.05, 0) is 37.0 Å². The predicted molar refractivity (Wildman–Crippen MR) is 102 cm³/mol. The van der Waals surface area contributed by atoms with Crippen molar-refractivity contribution in [3.05, 3.63) is 0 Å². The van der Waals surface area contributed by atoms with Crippen LogP contribution in [0.1, 0.15) is 79.1 Å². The van der Waals surface area contributed by atoms with Gasteiger partial charge in [-0.2, -0.15) is 0 Å². The number of carbonyl (C=O) groups excluding carboxylic acids is 1. The second-order valence-electron chi connectivity index (χ2n) is 9.46. The molecule has 1 spiro atoms. The molecule has 1 saturated heterocycles. The van der Waals surface area contributed by atoms with Crippen LogP contribution in [0.3, 0.4) is 0 Å². The van der Waals surface area contributed by atoms with Crippen LogP contribution in [-0.4, -0.2) is 41.6 Å². The number of unbranched alkanes of at least 4 members (excludes halogenated alkanes) is 3. The summed E-state index contributed by atoms with van der Waals surface area (Å²) in [6.45, 7) is 8.18. The lowest BCUT2D eigenvalue weighted by atomic mass is 9.69. The third-order valence-electron chi connectivity index (χ3n) is 7.95. The van der Waals surface area contributed by atoms with Crippen LogP contribution in [0.25, 0.3) is 0 Å². The highest BCUT2D eigenvalue weighted by atomic mass is 32.2. The smallest absolute Gasteiger partial charge is 0.241 e. The molecule has 150 valence electrons. The summed E-state index contributed by atoms with van der Waals surface area (Å²) in [5, 5.41) is 10.4. The van der Waals surface area contributed by atoms with Gasteiger partial charge in [-0.25, -0.2) is 12.7 Å². The maximum atomic E-state index is 13.1. The molecular weight excluding hydrogens is 350 g/mol. The number of amides is 1. The first-order valence-electron chi connectivity index (χ1n) is 10.3. The summed E-state index contributed by atoms with van der Waals surface area (Å²) in [6, 6.07) is -0.205. The molecule has 1 heterocycles. The lowest BCUT2D eigenvalue weighted by Gasteiger charge is -2.37. The Labute approximate surface area is 158 Å². The van der Waals surface area contributed by atoms with Crippen molar-refractivity contribution in [2.75, 3.05) is 5.75 Å². The number of fused-ring (bicyclic) bond motifs is 1. The average molecular weight is 386 g/mol. The van der Waals surface area contributed by atoms with Crippen molar-refractivity contribution in [3.8, 4) is 0 Å². The Balaban J connectivity index is 1.75. The summed E-state index contributed by atoms with van der Waals surface area (Å²) < 4.78 is 27.1. The second kappa shape index (κ2) is 6.77. The van der Waals surface area contributed by atoms with E-state index in [1.54, 1.807) is 6.92 Å². The van der Waals surface area contributed by atoms with Gasteiger partial charge in [0.15, 0.2) is 0 Å². The topological polar surface area (TPSA) is 74.7 Å². The van der Waals surface area contributed by atoms with Gasteiger partial charge < -0.3 is 5.11 Å². The Hall–Kier alpha value is -0.620. The van der Waals surface area contributed by atoms with Gasteiger partial charge in [-0.1, -0.05) is 53.4 Å². The Kier molecular flexibility index (Phi) is 5.24. The fourth-order valence-electron chi connectivity index (χ4n) is 5.97. The van der Waals surface area contributed by atoms with Crippen LogP contribution in [0.5, 0.6) is 0 Å². The van der Waals surface area contributed by atoms with E-state index >= 15 is 0 Å². The number of nitrogens with zero attached hydrogens (tertiary/aromatic N) is 1. The summed E-state index contributed by atoms with van der Waals surface area (Å²) >= 11 is 0. The van der Waals surface area contributed by atoms with E-state index in [2.05, 4.69) is 20.8 Å². The molecular formula is C20H35NO4S. The number of aliphatic hydroxyl groups is 1. The van der Waals surface area contributed by atoms with Gasteiger partial charge in [-0.15, -0.1) is 0 Å². The molecule has 5 atom stereocenters. The number of hydrogen-bond donors (Lipinski definition) is 1. The molecule has 0 aromatic rings. The Bertz CT molecular complexity index is 659. The second-order valence-corrected chi connectivity index (χ2v) is 11.3. The van der Waals surface area contributed by atoms with E-state index in [0.29, 0.717) is 12.3 Å². The van der Waals surface area contributed by atoms with Gasteiger partial charge in [0.25, 0.3) is 0 Å². The molecule has 0 aromatic carbocycles. The largest absolute Gasteiger partial charge is 0.392 e. The van der Waals surface area contributed by atoms with Gasteiger partial charge in [0.05, 0.1) is 23.8 Å². The summed E-state index contributed by atoms with van der Waals surface area (Å²) in [4.78, 5) is 13.1. The molecule has 3 fully saturated rings. The molecule has 2 aliphatic carbocycles. The molecule has 2 bridgehead atoms. The number of hydrogen-bond acceptors (Lipinski definition) is 4. The SMILES string of the molecule is CCCCCC[C@@H](O)[C@@H](C)C(=O)N1[C@H]2C[C@@H]3CC[C@@]2(CS1(=O)=O)C3(C)C. The van der Waals surface area contributed by atoms with Crippen LogP contribution >= 0.6 is 0 Å². The zero-order chi connectivity index (χ0) is 19.3. The first kappa shape index (κ1) is 20.1. The third-order valence-corrected chi connectivity index (χ3v) is 9.86. The molecule has 0 unspecified atom stereocenters. The minimum absolute atomic E-state index is 0.0399. The van der Waals surface area contributed by atoms with Crippen molar-refractivity contribution >= 4 is 15.9 Å². The van der Waals surface area contributed by atoms with Crippen LogP contribution in [0.15, 0.2) is 0 Å². The zero-order valence-corrected chi connectivity index (χ0v) is 17.5. The van der Waals surface area contributed by atoms with E-state index in [4.69, 9.17) is 0 Å². The van der Waals surface area contributed by atoms with Gasteiger partial charge in [0, 0.05) is 5.41 Å². The molecule has 6 heteroatoms. The lowest BCUT2D eigenvalue weighted by Crippen LogP contribution is -2.47. The Morgan fingerprint density at radius 1 is 1.27 bits per heavy atom. The fourth-order valence-corrected chi connectivity index (χ4v) is 8.59. The molecule has 3 aliphatic rings. The number of aliphatic hydroxyl groups excluding tert-OH is 1. The van der Waals surface area contributed by atoms with Gasteiger partial charge in [0.2, 0.25) is 15.9 Å². The van der Waals surface area contributed by atoms with Crippen LogP contribution in [-0.2, 0) is 14.8 Å². The monoisotopic (exact) mass is 385 g/mol. The summed E-state index contributed by atoms with van der Waals surface area (Å²) in [7, 11) is -3.60. The van der Waals surface area contributed by atoms with E-state index in [1.807, 2.05) is 0 Å².